The van der Waals surface area contributed by atoms with Crippen LogP contribution in [-0.4, -0.2) is 48.3 Å². The number of aliphatic hydroxyl groups is 1. The van der Waals surface area contributed by atoms with E-state index in [0.717, 1.165) is 4.88 Å². The summed E-state index contributed by atoms with van der Waals surface area (Å²) in [5.74, 6) is 0.0739. The lowest BCUT2D eigenvalue weighted by Crippen LogP contribution is -2.50. The number of ether oxygens (including phenoxy) is 1. The molecule has 1 aromatic heterocycles. The highest BCUT2D eigenvalue weighted by Crippen LogP contribution is 2.13. The van der Waals surface area contributed by atoms with Crippen molar-refractivity contribution in [2.24, 2.45) is 0 Å². The molecule has 1 saturated heterocycles. The van der Waals surface area contributed by atoms with E-state index in [-0.39, 0.29) is 18.6 Å². The van der Waals surface area contributed by atoms with E-state index in [1.54, 1.807) is 16.2 Å². The summed E-state index contributed by atoms with van der Waals surface area (Å²) in [5.41, 5.74) is 0. The van der Waals surface area contributed by atoms with E-state index in [9.17, 15) is 4.79 Å². The second kappa shape index (κ2) is 5.43. The molecule has 2 heterocycles. The summed E-state index contributed by atoms with van der Waals surface area (Å²) >= 11 is 1.58. The molecule has 0 bridgehead atoms. The summed E-state index contributed by atoms with van der Waals surface area (Å²) < 4.78 is 5.24. The van der Waals surface area contributed by atoms with Crippen molar-refractivity contribution in [3.8, 4) is 0 Å². The lowest BCUT2D eigenvalue weighted by molar-refractivity contribution is -0.140. The third-order valence-corrected chi connectivity index (χ3v) is 3.54. The first kappa shape index (κ1) is 11.6. The number of rotatable bonds is 3. The molecule has 4 nitrogen and oxygen atoms in total. The average molecular weight is 241 g/mol. The number of amides is 1. The molecule has 1 aliphatic rings. The summed E-state index contributed by atoms with van der Waals surface area (Å²) in [4.78, 5) is 14.8. The fraction of sp³-hybridized carbons (Fsp3) is 0.545. The topological polar surface area (TPSA) is 49.8 Å². The molecule has 0 saturated carbocycles. The first-order valence-corrected chi connectivity index (χ1v) is 6.19. The van der Waals surface area contributed by atoms with Crippen LogP contribution in [-0.2, 0) is 16.0 Å². The Morgan fingerprint density at radius 3 is 3.25 bits per heavy atom. The van der Waals surface area contributed by atoms with Crippen LogP contribution in [0.3, 0.4) is 0 Å². The minimum absolute atomic E-state index is 0.0316. The zero-order valence-corrected chi connectivity index (χ0v) is 9.78. The molecule has 88 valence electrons. The van der Waals surface area contributed by atoms with Gasteiger partial charge in [0.2, 0.25) is 5.91 Å². The highest BCUT2D eigenvalue weighted by molar-refractivity contribution is 7.10. The van der Waals surface area contributed by atoms with Crippen LogP contribution >= 0.6 is 11.3 Å². The molecule has 16 heavy (non-hydrogen) atoms. The molecule has 1 amide bonds. The molecular weight excluding hydrogens is 226 g/mol. The highest BCUT2D eigenvalue weighted by atomic mass is 32.1. The predicted molar refractivity (Wildman–Crippen MR) is 61.4 cm³/mol. The number of nitrogens with zero attached hydrogens (tertiary/aromatic N) is 1. The monoisotopic (exact) mass is 241 g/mol. The fourth-order valence-electron chi connectivity index (χ4n) is 1.80. The lowest BCUT2D eigenvalue weighted by Gasteiger charge is -2.34. The number of hydrogen-bond donors (Lipinski definition) is 1. The van der Waals surface area contributed by atoms with Gasteiger partial charge in [0.05, 0.1) is 32.3 Å². The Morgan fingerprint density at radius 1 is 1.69 bits per heavy atom. The van der Waals surface area contributed by atoms with Gasteiger partial charge in [-0.3, -0.25) is 4.79 Å². The van der Waals surface area contributed by atoms with E-state index in [1.807, 2.05) is 17.5 Å². The third-order valence-electron chi connectivity index (χ3n) is 2.66. The maximum atomic E-state index is 12.0. The number of aliphatic hydroxyl groups excluding tert-OH is 1. The summed E-state index contributed by atoms with van der Waals surface area (Å²) in [6, 6.07) is 3.72. The van der Waals surface area contributed by atoms with Crippen molar-refractivity contribution in [2.45, 2.75) is 12.5 Å². The van der Waals surface area contributed by atoms with Crippen molar-refractivity contribution < 1.29 is 14.6 Å². The van der Waals surface area contributed by atoms with Crippen LogP contribution in [0, 0.1) is 0 Å². The molecule has 2 rings (SSSR count). The Kier molecular flexibility index (Phi) is 3.93. The average Bonchev–Trinajstić information content (AvgIpc) is 2.81. The van der Waals surface area contributed by atoms with Crippen molar-refractivity contribution in [2.75, 3.05) is 26.4 Å². The van der Waals surface area contributed by atoms with E-state index >= 15 is 0 Å². The van der Waals surface area contributed by atoms with Crippen LogP contribution in [0.4, 0.5) is 0 Å². The summed E-state index contributed by atoms with van der Waals surface area (Å²) in [5, 5.41) is 11.1. The molecule has 1 aliphatic heterocycles. The van der Waals surface area contributed by atoms with Crippen LogP contribution in [0.25, 0.3) is 0 Å². The minimum atomic E-state index is -0.179. The van der Waals surface area contributed by atoms with Gasteiger partial charge in [0.25, 0.3) is 0 Å². The molecule has 0 aliphatic carbocycles. The highest BCUT2D eigenvalue weighted by Gasteiger charge is 2.26. The second-order valence-electron chi connectivity index (χ2n) is 3.75. The van der Waals surface area contributed by atoms with Crippen LogP contribution in [0.2, 0.25) is 0 Å². The van der Waals surface area contributed by atoms with Gasteiger partial charge in [0.1, 0.15) is 0 Å². The first-order valence-electron chi connectivity index (χ1n) is 5.31. The number of thiophene rings is 1. The van der Waals surface area contributed by atoms with Crippen molar-refractivity contribution in [3.05, 3.63) is 22.4 Å². The number of carbonyl (C=O) groups is 1. The molecular formula is C11H15NO3S. The Labute approximate surface area is 98.4 Å². The lowest BCUT2D eigenvalue weighted by atomic mass is 10.2. The summed E-state index contributed by atoms with van der Waals surface area (Å²) in [7, 11) is 0. The first-order chi connectivity index (χ1) is 7.81. The van der Waals surface area contributed by atoms with E-state index in [1.165, 1.54) is 0 Å². The molecule has 1 fully saturated rings. The van der Waals surface area contributed by atoms with E-state index in [0.29, 0.717) is 26.2 Å². The smallest absolute Gasteiger partial charge is 0.228 e. The maximum absolute atomic E-state index is 12.0. The van der Waals surface area contributed by atoms with Gasteiger partial charge in [-0.25, -0.2) is 0 Å². The quantitative estimate of drug-likeness (QED) is 0.839. The van der Waals surface area contributed by atoms with Crippen molar-refractivity contribution in [1.29, 1.82) is 0 Å². The van der Waals surface area contributed by atoms with Gasteiger partial charge in [-0.15, -0.1) is 11.3 Å². The zero-order valence-electron chi connectivity index (χ0n) is 8.96. The van der Waals surface area contributed by atoms with E-state index in [2.05, 4.69) is 0 Å². The van der Waals surface area contributed by atoms with E-state index in [4.69, 9.17) is 9.84 Å². The van der Waals surface area contributed by atoms with Crippen LogP contribution < -0.4 is 0 Å². The molecule has 0 spiro atoms. The van der Waals surface area contributed by atoms with Crippen molar-refractivity contribution in [1.82, 2.24) is 4.90 Å². The number of carbonyl (C=O) groups excluding carboxylic acids is 1. The molecule has 0 unspecified atom stereocenters. The Hall–Kier alpha value is -0.910. The second-order valence-corrected chi connectivity index (χ2v) is 4.79. The normalized spacial score (nSPS) is 21.1. The summed E-state index contributed by atoms with van der Waals surface area (Å²) in [6.07, 6.45) is 0.425. The van der Waals surface area contributed by atoms with Crippen molar-refractivity contribution in [3.63, 3.8) is 0 Å². The molecule has 1 N–H and O–H groups in total. The van der Waals surface area contributed by atoms with Gasteiger partial charge >= 0.3 is 0 Å². The van der Waals surface area contributed by atoms with Crippen LogP contribution in [0.1, 0.15) is 4.88 Å². The molecule has 0 radical (unpaired) electrons. The molecule has 0 aromatic carbocycles. The van der Waals surface area contributed by atoms with Gasteiger partial charge in [0, 0.05) is 11.4 Å². The van der Waals surface area contributed by atoms with Gasteiger partial charge in [-0.2, -0.15) is 0 Å². The predicted octanol–water partition coefficient (Wildman–Crippen LogP) is 0.510. The Morgan fingerprint density at radius 2 is 2.56 bits per heavy atom. The molecule has 5 heteroatoms. The van der Waals surface area contributed by atoms with Gasteiger partial charge < -0.3 is 14.7 Å². The SMILES string of the molecule is O=C(Cc1cccs1)N1CCOC[C@@H]1CO. The Balaban J connectivity index is 1.97. The molecule has 1 aromatic rings. The summed E-state index contributed by atoms with van der Waals surface area (Å²) in [6.45, 7) is 1.55. The Bertz CT molecular complexity index is 339. The minimum Gasteiger partial charge on any atom is -0.394 e. The molecule has 1 atom stereocenters. The van der Waals surface area contributed by atoms with Crippen LogP contribution in [0.5, 0.6) is 0 Å². The number of hydrogen-bond acceptors (Lipinski definition) is 4. The standard InChI is InChI=1S/C11H15NO3S/c13-7-9-8-15-4-3-12(9)11(14)6-10-2-1-5-16-10/h1-2,5,9,13H,3-4,6-8H2/t9-/m0/s1. The van der Waals surface area contributed by atoms with Crippen LogP contribution in [0.15, 0.2) is 17.5 Å². The van der Waals surface area contributed by atoms with Gasteiger partial charge in [-0.1, -0.05) is 6.07 Å². The van der Waals surface area contributed by atoms with E-state index < -0.39 is 0 Å². The van der Waals surface area contributed by atoms with Crippen molar-refractivity contribution >= 4 is 17.2 Å². The van der Waals surface area contributed by atoms with Gasteiger partial charge in [-0.05, 0) is 11.4 Å². The third kappa shape index (κ3) is 2.61. The van der Waals surface area contributed by atoms with Gasteiger partial charge in [0.15, 0.2) is 0 Å². The maximum Gasteiger partial charge on any atom is 0.228 e. The fourth-order valence-corrected chi connectivity index (χ4v) is 2.49. The largest absolute Gasteiger partial charge is 0.394 e. The zero-order chi connectivity index (χ0) is 11.4. The number of morpholine rings is 1.